The summed E-state index contributed by atoms with van der Waals surface area (Å²) in [7, 11) is 0. The third-order valence-electron chi connectivity index (χ3n) is 4.13. The topological polar surface area (TPSA) is 61.9 Å². The summed E-state index contributed by atoms with van der Waals surface area (Å²) in [6.07, 6.45) is 4.56. The van der Waals surface area contributed by atoms with E-state index in [0.717, 1.165) is 56.2 Å². The Balaban J connectivity index is 1.50. The zero-order valence-corrected chi connectivity index (χ0v) is 12.3. The first kappa shape index (κ1) is 14.0. The highest BCUT2D eigenvalue weighted by atomic mass is 16.5. The van der Waals surface area contributed by atoms with Crippen molar-refractivity contribution in [3.63, 3.8) is 0 Å². The summed E-state index contributed by atoms with van der Waals surface area (Å²) in [6, 6.07) is 1.89. The van der Waals surface area contributed by atoms with Gasteiger partial charge in [-0.2, -0.15) is 0 Å². The normalized spacial score (nSPS) is 20.4. The highest BCUT2D eigenvalue weighted by molar-refractivity contribution is 6.05. The Hall–Kier alpha value is -1.95. The van der Waals surface area contributed by atoms with Crippen LogP contribution in [-0.4, -0.2) is 54.8 Å². The van der Waals surface area contributed by atoms with Crippen LogP contribution >= 0.6 is 0 Å². The molecule has 0 radical (unpaired) electrons. The molecule has 6 nitrogen and oxygen atoms in total. The van der Waals surface area contributed by atoms with E-state index >= 15 is 0 Å². The van der Waals surface area contributed by atoms with Crippen molar-refractivity contribution in [1.29, 1.82) is 0 Å². The van der Waals surface area contributed by atoms with Crippen LogP contribution in [0.1, 0.15) is 19.8 Å². The summed E-state index contributed by atoms with van der Waals surface area (Å²) >= 11 is 0. The summed E-state index contributed by atoms with van der Waals surface area (Å²) in [4.78, 5) is 20.8. The summed E-state index contributed by atoms with van der Waals surface area (Å²) in [5, 5.41) is 3.97. The zero-order valence-electron chi connectivity index (χ0n) is 12.3. The molecule has 1 fully saturated rings. The van der Waals surface area contributed by atoms with Crippen LogP contribution in [0.3, 0.4) is 0 Å². The Kier molecular flexibility index (Phi) is 4.15. The van der Waals surface area contributed by atoms with E-state index in [-0.39, 0.29) is 5.78 Å². The van der Waals surface area contributed by atoms with Gasteiger partial charge in [0.1, 0.15) is 6.26 Å². The maximum Gasteiger partial charge on any atom is 0.172 e. The molecule has 6 heteroatoms. The molecular formula is C15H20N4O2. The van der Waals surface area contributed by atoms with E-state index < -0.39 is 0 Å². The molecule has 3 heterocycles. The number of allylic oxidation sites excluding steroid dienone is 1. The number of rotatable bonds is 4. The fraction of sp³-hybridized carbons (Fsp3) is 0.533. The van der Waals surface area contributed by atoms with E-state index in [4.69, 9.17) is 4.52 Å². The van der Waals surface area contributed by atoms with Crippen LogP contribution in [0, 0.1) is 0 Å². The van der Waals surface area contributed by atoms with Crippen molar-refractivity contribution in [3.8, 4) is 0 Å². The average Bonchev–Trinajstić information content (AvgIpc) is 3.02. The van der Waals surface area contributed by atoms with Gasteiger partial charge < -0.3 is 9.42 Å². The molecule has 2 aliphatic rings. The van der Waals surface area contributed by atoms with Crippen molar-refractivity contribution in [2.45, 2.75) is 19.8 Å². The summed E-state index contributed by atoms with van der Waals surface area (Å²) < 4.78 is 4.88. The van der Waals surface area contributed by atoms with E-state index in [1.807, 2.05) is 13.0 Å². The molecule has 1 saturated heterocycles. The Bertz CT molecular complexity index is 554. The number of piperazine rings is 1. The molecule has 1 aromatic heterocycles. The predicted octanol–water partition coefficient (Wildman–Crippen LogP) is 1.50. The third kappa shape index (κ3) is 3.21. The first-order valence-electron chi connectivity index (χ1n) is 7.37. The molecule has 0 atom stereocenters. The van der Waals surface area contributed by atoms with Gasteiger partial charge in [-0.25, -0.2) is 0 Å². The zero-order chi connectivity index (χ0) is 14.7. The largest absolute Gasteiger partial charge is 0.363 e. The Morgan fingerprint density at radius 3 is 2.76 bits per heavy atom. The Morgan fingerprint density at radius 2 is 2.10 bits per heavy atom. The SMILES string of the molecule is CC1=C(CCN2CCN(c3ccon3)CC2)C(=O)CC=N1. The number of anilines is 1. The van der Waals surface area contributed by atoms with Crippen molar-refractivity contribution in [1.82, 2.24) is 10.1 Å². The Morgan fingerprint density at radius 1 is 1.29 bits per heavy atom. The molecule has 1 aromatic rings. The van der Waals surface area contributed by atoms with Crippen LogP contribution in [-0.2, 0) is 4.79 Å². The molecule has 0 aromatic carbocycles. The highest BCUT2D eigenvalue weighted by Gasteiger charge is 2.21. The fourth-order valence-corrected chi connectivity index (χ4v) is 2.83. The number of carbonyl (C=O) groups excluding carboxylic acids is 1. The molecule has 21 heavy (non-hydrogen) atoms. The number of carbonyl (C=O) groups is 1. The first-order chi connectivity index (χ1) is 10.2. The van der Waals surface area contributed by atoms with Crippen molar-refractivity contribution >= 4 is 17.8 Å². The lowest BCUT2D eigenvalue weighted by Crippen LogP contribution is -2.46. The van der Waals surface area contributed by atoms with Crippen molar-refractivity contribution in [2.75, 3.05) is 37.6 Å². The molecule has 0 unspecified atom stereocenters. The molecule has 0 spiro atoms. The van der Waals surface area contributed by atoms with Gasteiger partial charge in [-0.05, 0) is 13.3 Å². The van der Waals surface area contributed by atoms with Crippen molar-refractivity contribution in [3.05, 3.63) is 23.6 Å². The minimum absolute atomic E-state index is 0.226. The number of nitrogens with zero attached hydrogens (tertiary/aromatic N) is 4. The number of aromatic nitrogens is 1. The second kappa shape index (κ2) is 6.22. The molecule has 0 N–H and O–H groups in total. The van der Waals surface area contributed by atoms with Crippen LogP contribution in [0.5, 0.6) is 0 Å². The van der Waals surface area contributed by atoms with Gasteiger partial charge in [0.25, 0.3) is 0 Å². The number of hydrogen-bond donors (Lipinski definition) is 0. The van der Waals surface area contributed by atoms with Crippen LogP contribution in [0.4, 0.5) is 5.82 Å². The monoisotopic (exact) mass is 288 g/mol. The lowest BCUT2D eigenvalue weighted by molar-refractivity contribution is -0.114. The van der Waals surface area contributed by atoms with Gasteiger partial charge in [0, 0.05) is 62.7 Å². The van der Waals surface area contributed by atoms with E-state index in [9.17, 15) is 4.79 Å². The second-order valence-electron chi connectivity index (χ2n) is 5.44. The van der Waals surface area contributed by atoms with E-state index in [1.165, 1.54) is 0 Å². The van der Waals surface area contributed by atoms with E-state index in [1.54, 1.807) is 12.5 Å². The van der Waals surface area contributed by atoms with Gasteiger partial charge >= 0.3 is 0 Å². The minimum atomic E-state index is 0.226. The van der Waals surface area contributed by atoms with Crippen molar-refractivity contribution < 1.29 is 9.32 Å². The molecule has 112 valence electrons. The smallest absolute Gasteiger partial charge is 0.172 e. The summed E-state index contributed by atoms with van der Waals surface area (Å²) in [5.74, 6) is 1.13. The Labute approximate surface area is 124 Å². The lowest BCUT2D eigenvalue weighted by Gasteiger charge is -2.34. The van der Waals surface area contributed by atoms with Gasteiger partial charge in [0.2, 0.25) is 0 Å². The van der Waals surface area contributed by atoms with Gasteiger partial charge in [-0.3, -0.25) is 14.7 Å². The molecule has 0 bridgehead atoms. The van der Waals surface area contributed by atoms with Crippen molar-refractivity contribution in [2.24, 2.45) is 4.99 Å². The third-order valence-corrected chi connectivity index (χ3v) is 4.13. The van der Waals surface area contributed by atoms with Gasteiger partial charge in [-0.15, -0.1) is 0 Å². The van der Waals surface area contributed by atoms with Crippen LogP contribution < -0.4 is 4.90 Å². The molecule has 3 rings (SSSR count). The molecule has 0 aliphatic carbocycles. The van der Waals surface area contributed by atoms with Crippen LogP contribution in [0.15, 0.2) is 33.1 Å². The summed E-state index contributed by atoms with van der Waals surface area (Å²) in [5.41, 5.74) is 1.78. The number of Topliss-reactive ketones (excluding diaryl/α,β-unsaturated/α-hetero) is 1. The molecule has 0 amide bonds. The second-order valence-corrected chi connectivity index (χ2v) is 5.44. The molecule has 0 saturated carbocycles. The predicted molar refractivity (Wildman–Crippen MR) is 80.6 cm³/mol. The molecule has 2 aliphatic heterocycles. The quantitative estimate of drug-likeness (QED) is 0.840. The standard InChI is InChI=1S/C15H20N4O2/c1-12-13(14(20)2-5-16-12)3-6-18-7-9-19(10-8-18)15-4-11-21-17-15/h4-5,11H,2-3,6-10H2,1H3. The van der Waals surface area contributed by atoms with Gasteiger partial charge in [0.05, 0.1) is 0 Å². The maximum absolute atomic E-state index is 11.9. The average molecular weight is 288 g/mol. The van der Waals surface area contributed by atoms with Gasteiger partial charge in [0.15, 0.2) is 11.6 Å². The number of hydrogen-bond acceptors (Lipinski definition) is 6. The van der Waals surface area contributed by atoms with Crippen LogP contribution in [0.25, 0.3) is 0 Å². The first-order valence-corrected chi connectivity index (χ1v) is 7.37. The fourth-order valence-electron chi connectivity index (χ4n) is 2.83. The highest BCUT2D eigenvalue weighted by Crippen LogP contribution is 2.18. The minimum Gasteiger partial charge on any atom is -0.363 e. The summed E-state index contributed by atoms with van der Waals surface area (Å²) in [6.45, 7) is 6.69. The lowest BCUT2D eigenvalue weighted by atomic mass is 10.0. The molecular weight excluding hydrogens is 268 g/mol. The van der Waals surface area contributed by atoms with E-state index in [0.29, 0.717) is 6.42 Å². The maximum atomic E-state index is 11.9. The van der Waals surface area contributed by atoms with Gasteiger partial charge in [-0.1, -0.05) is 5.16 Å². The van der Waals surface area contributed by atoms with Crippen LogP contribution in [0.2, 0.25) is 0 Å². The van der Waals surface area contributed by atoms with E-state index in [2.05, 4.69) is 19.9 Å². The number of ketones is 1. The number of aliphatic imine (C=N–C) groups is 1.